The molecule has 1 heterocycles. The first kappa shape index (κ1) is 20.7. The molecule has 1 aliphatic carbocycles. The molecular formula is C21H22N6OS. The van der Waals surface area contributed by atoms with Crippen molar-refractivity contribution in [2.75, 3.05) is 25.0 Å². The predicted molar refractivity (Wildman–Crippen MR) is 112 cm³/mol. The number of aromatic nitrogens is 1. The number of likely N-dealkylation sites (N-methyl/N-ethyl adjacent to an activating group) is 1. The van der Waals surface area contributed by atoms with Crippen LogP contribution in [0.25, 0.3) is 0 Å². The summed E-state index contributed by atoms with van der Waals surface area (Å²) in [4.78, 5) is 18.6. The Bertz CT molecular complexity index is 991. The number of anilines is 1. The first-order valence-corrected chi connectivity index (χ1v) is 10.2. The molecule has 1 aliphatic rings. The maximum Gasteiger partial charge on any atom is 0.235 e. The highest BCUT2D eigenvalue weighted by atomic mass is 32.2. The van der Waals surface area contributed by atoms with Gasteiger partial charge in [0.15, 0.2) is 0 Å². The molecule has 1 amide bonds. The zero-order valence-corrected chi connectivity index (χ0v) is 16.9. The SMILES string of the molecule is CN(CCN)c1nc(SC(C(N)=O)c2ccccc2)c(C#N)c(C2CC2)c1C#N. The van der Waals surface area contributed by atoms with Crippen molar-refractivity contribution in [1.82, 2.24) is 4.98 Å². The zero-order chi connectivity index (χ0) is 21.0. The summed E-state index contributed by atoms with van der Waals surface area (Å²) in [6.45, 7) is 0.915. The smallest absolute Gasteiger partial charge is 0.235 e. The second-order valence-corrected chi connectivity index (χ2v) is 8.02. The monoisotopic (exact) mass is 406 g/mol. The van der Waals surface area contributed by atoms with Gasteiger partial charge in [0.05, 0.1) is 11.1 Å². The van der Waals surface area contributed by atoms with Crippen LogP contribution in [0.2, 0.25) is 0 Å². The lowest BCUT2D eigenvalue weighted by molar-refractivity contribution is -0.117. The summed E-state index contributed by atoms with van der Waals surface area (Å²) in [5, 5.41) is 19.4. The molecule has 29 heavy (non-hydrogen) atoms. The molecule has 4 N–H and O–H groups in total. The van der Waals surface area contributed by atoms with Gasteiger partial charge >= 0.3 is 0 Å². The molecule has 0 aliphatic heterocycles. The Balaban J connectivity index is 2.16. The lowest BCUT2D eigenvalue weighted by Crippen LogP contribution is -2.27. The van der Waals surface area contributed by atoms with Crippen molar-refractivity contribution in [3.8, 4) is 12.1 Å². The second kappa shape index (κ2) is 8.95. The molecule has 1 saturated carbocycles. The minimum absolute atomic E-state index is 0.162. The number of thioether (sulfide) groups is 1. The first-order valence-electron chi connectivity index (χ1n) is 9.32. The number of carbonyl (C=O) groups excluding carboxylic acids is 1. The Morgan fingerprint density at radius 3 is 2.45 bits per heavy atom. The zero-order valence-electron chi connectivity index (χ0n) is 16.1. The highest BCUT2D eigenvalue weighted by Gasteiger charge is 2.34. The fraction of sp³-hybridized carbons (Fsp3) is 0.333. The number of amides is 1. The van der Waals surface area contributed by atoms with Crippen LogP contribution in [0, 0.1) is 22.7 Å². The molecule has 1 atom stereocenters. The maximum atomic E-state index is 12.2. The summed E-state index contributed by atoms with van der Waals surface area (Å²) in [6.07, 6.45) is 1.85. The molecular weight excluding hydrogens is 384 g/mol. The van der Waals surface area contributed by atoms with E-state index in [1.807, 2.05) is 42.3 Å². The molecule has 7 nitrogen and oxygen atoms in total. The van der Waals surface area contributed by atoms with E-state index in [1.54, 1.807) is 0 Å². The van der Waals surface area contributed by atoms with Gasteiger partial charge in [0, 0.05) is 20.1 Å². The van der Waals surface area contributed by atoms with Crippen molar-refractivity contribution in [2.45, 2.75) is 29.0 Å². The molecule has 0 radical (unpaired) electrons. The van der Waals surface area contributed by atoms with E-state index in [-0.39, 0.29) is 5.92 Å². The first-order chi connectivity index (χ1) is 14.0. The van der Waals surface area contributed by atoms with Crippen LogP contribution in [0.15, 0.2) is 35.4 Å². The van der Waals surface area contributed by atoms with Gasteiger partial charge < -0.3 is 16.4 Å². The third kappa shape index (κ3) is 4.34. The van der Waals surface area contributed by atoms with Crippen molar-refractivity contribution >= 4 is 23.5 Å². The molecule has 0 bridgehead atoms. The van der Waals surface area contributed by atoms with Gasteiger partial charge in [-0.1, -0.05) is 42.1 Å². The Hall–Kier alpha value is -3.07. The topological polar surface area (TPSA) is 133 Å². The number of hydrogen-bond acceptors (Lipinski definition) is 7. The van der Waals surface area contributed by atoms with E-state index < -0.39 is 11.2 Å². The Kier molecular flexibility index (Phi) is 6.38. The minimum Gasteiger partial charge on any atom is -0.368 e. The number of hydrogen-bond donors (Lipinski definition) is 2. The average Bonchev–Trinajstić information content (AvgIpc) is 3.56. The molecule has 0 spiro atoms. The molecule has 148 valence electrons. The standard InChI is InChI=1S/C21H22N6OS/c1-27(10-9-22)20-15(11-23)17(13-7-8-13)16(12-24)21(26-20)29-18(19(25)28)14-5-3-2-4-6-14/h2-6,13,18H,7-10,22H2,1H3,(H2,25,28). The third-order valence-electron chi connectivity index (χ3n) is 4.81. The van der Waals surface area contributed by atoms with E-state index in [2.05, 4.69) is 17.1 Å². The van der Waals surface area contributed by atoms with E-state index in [0.29, 0.717) is 35.1 Å². The van der Waals surface area contributed by atoms with Gasteiger partial charge in [0.2, 0.25) is 5.91 Å². The Morgan fingerprint density at radius 2 is 1.93 bits per heavy atom. The summed E-state index contributed by atoms with van der Waals surface area (Å²) in [6, 6.07) is 13.6. The van der Waals surface area contributed by atoms with Crippen LogP contribution in [-0.2, 0) is 4.79 Å². The van der Waals surface area contributed by atoms with E-state index >= 15 is 0 Å². The third-order valence-corrected chi connectivity index (χ3v) is 6.07. The van der Waals surface area contributed by atoms with Crippen molar-refractivity contribution in [1.29, 1.82) is 10.5 Å². The lowest BCUT2D eigenvalue weighted by atomic mass is 10.00. The van der Waals surface area contributed by atoms with Crippen LogP contribution < -0.4 is 16.4 Å². The Labute approximate surface area is 174 Å². The molecule has 1 fully saturated rings. The van der Waals surface area contributed by atoms with E-state index in [9.17, 15) is 15.3 Å². The number of nitrogens with zero attached hydrogens (tertiary/aromatic N) is 4. The van der Waals surface area contributed by atoms with Crippen molar-refractivity contribution in [3.63, 3.8) is 0 Å². The van der Waals surface area contributed by atoms with Gasteiger partial charge in [-0.15, -0.1) is 0 Å². The molecule has 3 rings (SSSR count). The molecule has 1 unspecified atom stereocenters. The van der Waals surface area contributed by atoms with E-state index in [1.165, 1.54) is 0 Å². The van der Waals surface area contributed by atoms with Gasteiger partial charge in [0.1, 0.15) is 28.2 Å². The highest BCUT2D eigenvalue weighted by Crippen LogP contribution is 2.48. The average molecular weight is 407 g/mol. The number of nitriles is 2. The molecule has 1 aromatic carbocycles. The number of rotatable bonds is 8. The minimum atomic E-state index is -0.691. The summed E-state index contributed by atoms with van der Waals surface area (Å²) in [7, 11) is 1.82. The van der Waals surface area contributed by atoms with Crippen LogP contribution in [0.1, 0.15) is 46.3 Å². The van der Waals surface area contributed by atoms with Gasteiger partial charge in [-0.2, -0.15) is 10.5 Å². The predicted octanol–water partition coefficient (Wildman–Crippen LogP) is 2.42. The molecule has 2 aromatic rings. The molecule has 0 saturated heterocycles. The van der Waals surface area contributed by atoms with Crippen LogP contribution in [0.3, 0.4) is 0 Å². The lowest BCUT2D eigenvalue weighted by Gasteiger charge is -2.23. The number of primary amides is 1. The number of nitrogens with two attached hydrogens (primary N) is 2. The van der Waals surface area contributed by atoms with Crippen molar-refractivity contribution < 1.29 is 4.79 Å². The van der Waals surface area contributed by atoms with Gasteiger partial charge in [0.25, 0.3) is 0 Å². The summed E-state index contributed by atoms with van der Waals surface area (Å²) < 4.78 is 0. The van der Waals surface area contributed by atoms with E-state index in [4.69, 9.17) is 11.5 Å². The van der Waals surface area contributed by atoms with Crippen LogP contribution in [0.5, 0.6) is 0 Å². The highest BCUT2D eigenvalue weighted by molar-refractivity contribution is 8.00. The van der Waals surface area contributed by atoms with Crippen LogP contribution >= 0.6 is 11.8 Å². The maximum absolute atomic E-state index is 12.2. The number of carbonyl (C=O) groups is 1. The van der Waals surface area contributed by atoms with E-state index in [0.717, 1.165) is 35.7 Å². The van der Waals surface area contributed by atoms with Gasteiger partial charge in [-0.05, 0) is 29.9 Å². The number of pyridine rings is 1. The Morgan fingerprint density at radius 1 is 1.28 bits per heavy atom. The summed E-state index contributed by atoms with van der Waals surface area (Å²) in [5.41, 5.74) is 13.6. The fourth-order valence-electron chi connectivity index (χ4n) is 3.26. The molecule has 8 heteroatoms. The van der Waals surface area contributed by atoms with Crippen LogP contribution in [0.4, 0.5) is 5.82 Å². The normalized spacial score (nSPS) is 13.9. The molecule has 1 aromatic heterocycles. The van der Waals surface area contributed by atoms with Crippen molar-refractivity contribution in [3.05, 3.63) is 52.6 Å². The summed E-state index contributed by atoms with van der Waals surface area (Å²) in [5.74, 6) is 0.133. The number of benzene rings is 1. The quantitative estimate of drug-likeness (QED) is 0.643. The second-order valence-electron chi connectivity index (χ2n) is 6.92. The van der Waals surface area contributed by atoms with Gasteiger partial charge in [-0.3, -0.25) is 4.79 Å². The van der Waals surface area contributed by atoms with Gasteiger partial charge in [-0.25, -0.2) is 4.98 Å². The van der Waals surface area contributed by atoms with Crippen molar-refractivity contribution in [2.24, 2.45) is 11.5 Å². The fourth-order valence-corrected chi connectivity index (χ4v) is 4.30. The summed E-state index contributed by atoms with van der Waals surface area (Å²) >= 11 is 1.15. The largest absolute Gasteiger partial charge is 0.368 e. The van der Waals surface area contributed by atoms with Crippen LogP contribution in [-0.4, -0.2) is 31.0 Å².